The molecule has 8 heteroatoms. The van der Waals surface area contributed by atoms with Gasteiger partial charge in [-0.05, 0) is 30.7 Å². The second kappa shape index (κ2) is 6.41. The highest BCUT2D eigenvalue weighted by molar-refractivity contribution is 6.09. The predicted molar refractivity (Wildman–Crippen MR) is 111 cm³/mol. The van der Waals surface area contributed by atoms with Gasteiger partial charge in [0.15, 0.2) is 11.5 Å². The monoisotopic (exact) mass is 387 g/mol. The maximum absolute atomic E-state index is 12.9. The van der Waals surface area contributed by atoms with Gasteiger partial charge in [0.2, 0.25) is 0 Å². The number of anilines is 1. The lowest BCUT2D eigenvalue weighted by Crippen LogP contribution is -2.14. The van der Waals surface area contributed by atoms with Gasteiger partial charge in [0, 0.05) is 29.4 Å². The number of aryl methyl sites for hydroxylation is 2. The predicted octanol–water partition coefficient (Wildman–Crippen LogP) is 3.57. The number of carbonyl (C=O) groups excluding carboxylic acids is 1. The molecule has 146 valence electrons. The number of fused-ring (bicyclic) bond motifs is 2. The Morgan fingerprint density at radius 3 is 2.69 bits per heavy atom. The molecule has 4 rings (SSSR count). The summed E-state index contributed by atoms with van der Waals surface area (Å²) in [7, 11) is 1.85. The Balaban J connectivity index is 1.72. The Morgan fingerprint density at radius 1 is 1.24 bits per heavy atom. The minimum atomic E-state index is -0.307. The summed E-state index contributed by atoms with van der Waals surface area (Å²) in [5.41, 5.74) is 3.96. The summed E-state index contributed by atoms with van der Waals surface area (Å²) in [4.78, 5) is 17.3. The van der Waals surface area contributed by atoms with E-state index < -0.39 is 0 Å². The second-order valence-corrected chi connectivity index (χ2v) is 8.17. The molecule has 0 atom stereocenters. The molecule has 0 unspecified atom stereocenters. The Labute approximate surface area is 167 Å². The zero-order valence-electron chi connectivity index (χ0n) is 17.0. The topological polar surface area (TPSA) is 112 Å². The van der Waals surface area contributed by atoms with Crippen LogP contribution >= 0.6 is 0 Å². The lowest BCUT2D eigenvalue weighted by molar-refractivity contribution is 0.102. The number of nitrogens with zero attached hydrogens (tertiary/aromatic N) is 5. The third-order valence-electron chi connectivity index (χ3n) is 4.91. The summed E-state index contributed by atoms with van der Waals surface area (Å²) >= 11 is 0. The van der Waals surface area contributed by atoms with Crippen molar-refractivity contribution >= 4 is 33.7 Å². The number of rotatable bonds is 2. The number of benzene rings is 1. The molecule has 0 saturated heterocycles. The Hall–Kier alpha value is -3.73. The van der Waals surface area contributed by atoms with E-state index in [1.165, 1.54) is 0 Å². The van der Waals surface area contributed by atoms with Crippen molar-refractivity contribution in [2.24, 2.45) is 7.05 Å². The average Bonchev–Trinajstić information content (AvgIpc) is 3.21. The van der Waals surface area contributed by atoms with Crippen LogP contribution in [0.5, 0.6) is 0 Å². The normalized spacial score (nSPS) is 11.7. The third kappa shape index (κ3) is 3.10. The minimum Gasteiger partial charge on any atom is -0.305 e. The Morgan fingerprint density at radius 2 is 2.00 bits per heavy atom. The zero-order chi connectivity index (χ0) is 20.9. The van der Waals surface area contributed by atoms with Gasteiger partial charge in [-0.2, -0.15) is 15.5 Å². The van der Waals surface area contributed by atoms with Gasteiger partial charge in [0.25, 0.3) is 5.91 Å². The lowest BCUT2D eigenvalue weighted by Gasteiger charge is -2.15. The fourth-order valence-electron chi connectivity index (χ4n) is 3.39. The van der Waals surface area contributed by atoms with Gasteiger partial charge in [-0.1, -0.05) is 20.8 Å². The molecule has 3 aromatic heterocycles. The molecule has 0 aliphatic carbocycles. The first-order valence-electron chi connectivity index (χ1n) is 9.22. The lowest BCUT2D eigenvalue weighted by atomic mass is 9.90. The molecule has 1 amide bonds. The Bertz CT molecular complexity index is 1320. The summed E-state index contributed by atoms with van der Waals surface area (Å²) in [6.07, 6.45) is 1.54. The van der Waals surface area contributed by atoms with E-state index in [2.05, 4.69) is 52.4 Å². The zero-order valence-corrected chi connectivity index (χ0v) is 17.0. The highest BCUT2D eigenvalue weighted by Crippen LogP contribution is 2.29. The van der Waals surface area contributed by atoms with E-state index in [0.717, 1.165) is 27.7 Å². The van der Waals surface area contributed by atoms with Crippen molar-refractivity contribution in [1.29, 1.82) is 5.26 Å². The molecular formula is C21H21N7O. The maximum atomic E-state index is 12.9. The molecule has 0 radical (unpaired) electrons. The van der Waals surface area contributed by atoms with E-state index in [-0.39, 0.29) is 11.3 Å². The number of pyridine rings is 1. The smallest absolute Gasteiger partial charge is 0.258 e. The number of aromatic amines is 1. The van der Waals surface area contributed by atoms with E-state index >= 15 is 0 Å². The first-order chi connectivity index (χ1) is 13.7. The molecule has 29 heavy (non-hydrogen) atoms. The molecule has 0 spiro atoms. The van der Waals surface area contributed by atoms with Gasteiger partial charge in [-0.15, -0.1) is 0 Å². The van der Waals surface area contributed by atoms with Crippen LogP contribution in [0.4, 0.5) is 5.82 Å². The van der Waals surface area contributed by atoms with E-state index in [9.17, 15) is 10.1 Å². The van der Waals surface area contributed by atoms with Gasteiger partial charge in [-0.25, -0.2) is 4.98 Å². The van der Waals surface area contributed by atoms with Crippen molar-refractivity contribution in [3.63, 3.8) is 0 Å². The first-order valence-corrected chi connectivity index (χ1v) is 9.22. The number of H-pyrrole nitrogens is 1. The van der Waals surface area contributed by atoms with Gasteiger partial charge in [0.1, 0.15) is 0 Å². The molecule has 1 aromatic carbocycles. The number of nitrogens with one attached hydrogen (secondary N) is 2. The van der Waals surface area contributed by atoms with Crippen LogP contribution in [-0.2, 0) is 12.5 Å². The first kappa shape index (κ1) is 18.6. The number of hydrogen-bond acceptors (Lipinski definition) is 5. The fraction of sp³-hybridized carbons (Fsp3) is 0.286. The highest BCUT2D eigenvalue weighted by Gasteiger charge is 2.23. The van der Waals surface area contributed by atoms with Crippen LogP contribution in [0.15, 0.2) is 24.4 Å². The fourth-order valence-corrected chi connectivity index (χ4v) is 3.39. The van der Waals surface area contributed by atoms with E-state index in [1.54, 1.807) is 16.9 Å². The molecular weight excluding hydrogens is 366 g/mol. The maximum Gasteiger partial charge on any atom is 0.258 e. The molecule has 0 fully saturated rings. The summed E-state index contributed by atoms with van der Waals surface area (Å²) in [5.74, 6) is 0.110. The van der Waals surface area contributed by atoms with Crippen LogP contribution in [0.3, 0.4) is 0 Å². The third-order valence-corrected chi connectivity index (χ3v) is 4.91. The SMILES string of the molecule is Cc1cc2c(NC(=O)c3cnc4c(c3)c(C(C)(C)C)nn4C)n[nH]c2cc1C#N. The Kier molecular flexibility index (Phi) is 4.12. The molecule has 0 bridgehead atoms. The number of amides is 1. The average molecular weight is 387 g/mol. The van der Waals surface area contributed by atoms with Crippen LogP contribution in [0.2, 0.25) is 0 Å². The van der Waals surface area contributed by atoms with Crippen molar-refractivity contribution < 1.29 is 4.79 Å². The van der Waals surface area contributed by atoms with Crippen molar-refractivity contribution in [3.05, 3.63) is 46.8 Å². The van der Waals surface area contributed by atoms with Crippen molar-refractivity contribution in [2.45, 2.75) is 33.1 Å². The second-order valence-electron chi connectivity index (χ2n) is 8.17. The van der Waals surface area contributed by atoms with Gasteiger partial charge in [-0.3, -0.25) is 14.6 Å². The number of hydrogen-bond donors (Lipinski definition) is 2. The molecule has 0 aliphatic heterocycles. The van der Waals surface area contributed by atoms with E-state index in [4.69, 9.17) is 0 Å². The summed E-state index contributed by atoms with van der Waals surface area (Å²) in [6.45, 7) is 8.09. The van der Waals surface area contributed by atoms with Crippen LogP contribution in [-0.4, -0.2) is 30.9 Å². The standard InChI is InChI=1S/C21H21N7O/c1-11-6-14-16(8-12(11)9-22)25-26-18(14)24-20(29)13-7-15-17(21(2,3)4)27-28(5)19(15)23-10-13/h6-8,10H,1-5H3,(H2,24,25,26,29). The minimum absolute atomic E-state index is 0.176. The molecule has 8 nitrogen and oxygen atoms in total. The van der Waals surface area contributed by atoms with Gasteiger partial charge >= 0.3 is 0 Å². The number of aromatic nitrogens is 5. The molecule has 3 heterocycles. The van der Waals surface area contributed by atoms with Crippen molar-refractivity contribution in [1.82, 2.24) is 25.0 Å². The summed E-state index contributed by atoms with van der Waals surface area (Å²) in [5, 5.41) is 25.3. The largest absolute Gasteiger partial charge is 0.305 e. The van der Waals surface area contributed by atoms with Gasteiger partial charge < -0.3 is 5.32 Å². The van der Waals surface area contributed by atoms with Gasteiger partial charge in [0.05, 0.1) is 28.4 Å². The van der Waals surface area contributed by atoms with Crippen LogP contribution in [0, 0.1) is 18.3 Å². The summed E-state index contributed by atoms with van der Waals surface area (Å²) < 4.78 is 1.73. The molecule has 4 aromatic rings. The quantitative estimate of drug-likeness (QED) is 0.546. The van der Waals surface area contributed by atoms with E-state index in [0.29, 0.717) is 22.5 Å². The molecule has 0 saturated carbocycles. The molecule has 2 N–H and O–H groups in total. The van der Waals surface area contributed by atoms with Crippen LogP contribution in [0.25, 0.3) is 21.9 Å². The van der Waals surface area contributed by atoms with E-state index in [1.807, 2.05) is 26.1 Å². The number of nitriles is 1. The highest BCUT2D eigenvalue weighted by atomic mass is 16.1. The van der Waals surface area contributed by atoms with Crippen molar-refractivity contribution in [2.75, 3.05) is 5.32 Å². The number of carbonyl (C=O) groups is 1. The van der Waals surface area contributed by atoms with Crippen molar-refractivity contribution in [3.8, 4) is 6.07 Å². The summed E-state index contributed by atoms with van der Waals surface area (Å²) in [6, 6.07) is 7.54. The molecule has 0 aliphatic rings. The van der Waals surface area contributed by atoms with Crippen LogP contribution < -0.4 is 5.32 Å². The van der Waals surface area contributed by atoms with Crippen LogP contribution in [0.1, 0.15) is 48.0 Å².